The first-order valence-corrected chi connectivity index (χ1v) is 5.83. The quantitative estimate of drug-likeness (QED) is 0.804. The molecule has 0 radical (unpaired) electrons. The molecule has 4 nitrogen and oxygen atoms in total. The zero-order chi connectivity index (χ0) is 13.0. The van der Waals surface area contributed by atoms with E-state index < -0.39 is 12.0 Å². The van der Waals surface area contributed by atoms with Crippen LogP contribution in [0.25, 0.3) is 0 Å². The van der Waals surface area contributed by atoms with E-state index in [0.717, 1.165) is 10.0 Å². The molecule has 0 aliphatic rings. The van der Waals surface area contributed by atoms with E-state index in [1.807, 2.05) is 12.1 Å². The van der Waals surface area contributed by atoms with Crippen molar-refractivity contribution in [3.8, 4) is 0 Å². The van der Waals surface area contributed by atoms with Gasteiger partial charge in [0.15, 0.2) is 6.04 Å². The van der Waals surface area contributed by atoms with E-state index in [4.69, 9.17) is 4.74 Å². The van der Waals surface area contributed by atoms with Crippen molar-refractivity contribution in [1.82, 2.24) is 4.90 Å². The van der Waals surface area contributed by atoms with Crippen molar-refractivity contribution in [1.29, 1.82) is 0 Å². The molecule has 1 rings (SSSR count). The van der Waals surface area contributed by atoms with Crippen molar-refractivity contribution < 1.29 is 14.3 Å². The van der Waals surface area contributed by atoms with Crippen molar-refractivity contribution in [2.45, 2.75) is 13.0 Å². The van der Waals surface area contributed by atoms with Gasteiger partial charge in [-0.3, -0.25) is 4.79 Å². The van der Waals surface area contributed by atoms with E-state index in [-0.39, 0.29) is 5.91 Å². The monoisotopic (exact) mass is 299 g/mol. The van der Waals surface area contributed by atoms with Gasteiger partial charge in [-0.05, 0) is 17.7 Å². The number of nitrogens with zero attached hydrogens (tertiary/aromatic N) is 1. The molecule has 1 amide bonds. The van der Waals surface area contributed by atoms with Crippen LogP contribution >= 0.6 is 15.9 Å². The van der Waals surface area contributed by atoms with Gasteiger partial charge in [0.05, 0.1) is 7.11 Å². The summed E-state index contributed by atoms with van der Waals surface area (Å²) in [6, 6.07) is 6.50. The highest BCUT2D eigenvalue weighted by Crippen LogP contribution is 2.22. The molecule has 0 fully saturated rings. The number of halogens is 1. The third kappa shape index (κ3) is 3.30. The lowest BCUT2D eigenvalue weighted by Gasteiger charge is -2.25. The number of hydrogen-bond donors (Lipinski definition) is 0. The van der Waals surface area contributed by atoms with Gasteiger partial charge >= 0.3 is 5.97 Å². The zero-order valence-corrected chi connectivity index (χ0v) is 11.5. The number of amides is 1. The van der Waals surface area contributed by atoms with Crippen molar-refractivity contribution >= 4 is 27.8 Å². The second-order valence-corrected chi connectivity index (χ2v) is 4.52. The number of hydrogen-bond acceptors (Lipinski definition) is 3. The molecule has 92 valence electrons. The molecule has 1 aromatic rings. The maximum Gasteiger partial charge on any atom is 0.333 e. The molecule has 1 aromatic carbocycles. The Labute approximate surface area is 109 Å². The van der Waals surface area contributed by atoms with Gasteiger partial charge in [0, 0.05) is 18.4 Å². The number of methoxy groups -OCH3 is 1. The van der Waals surface area contributed by atoms with Crippen LogP contribution < -0.4 is 0 Å². The number of esters is 1. The summed E-state index contributed by atoms with van der Waals surface area (Å²) < 4.78 is 5.64. The molecule has 1 atom stereocenters. The minimum Gasteiger partial charge on any atom is -0.467 e. The molecule has 5 heteroatoms. The third-order valence-electron chi connectivity index (χ3n) is 2.49. The van der Waals surface area contributed by atoms with Gasteiger partial charge < -0.3 is 9.64 Å². The summed E-state index contributed by atoms with van der Waals surface area (Å²) >= 11 is 3.32. The summed E-state index contributed by atoms with van der Waals surface area (Å²) in [4.78, 5) is 24.4. The predicted molar refractivity (Wildman–Crippen MR) is 67.3 cm³/mol. The molecule has 0 bridgehead atoms. The summed E-state index contributed by atoms with van der Waals surface area (Å²) in [7, 11) is 2.88. The van der Waals surface area contributed by atoms with Gasteiger partial charge in [0.25, 0.3) is 0 Å². The molecule has 17 heavy (non-hydrogen) atoms. The number of carbonyl (C=O) groups excluding carboxylic acids is 2. The van der Waals surface area contributed by atoms with E-state index in [1.54, 1.807) is 19.2 Å². The van der Waals surface area contributed by atoms with Crippen LogP contribution in [0.15, 0.2) is 28.7 Å². The Morgan fingerprint density at radius 2 is 1.82 bits per heavy atom. The average Bonchev–Trinajstić information content (AvgIpc) is 2.31. The second-order valence-electron chi connectivity index (χ2n) is 3.61. The molecule has 0 heterocycles. The highest BCUT2D eigenvalue weighted by Gasteiger charge is 2.27. The normalized spacial score (nSPS) is 11.8. The third-order valence-corrected chi connectivity index (χ3v) is 3.02. The first-order valence-electron chi connectivity index (χ1n) is 5.04. The first-order chi connectivity index (χ1) is 7.97. The Hall–Kier alpha value is -1.36. The van der Waals surface area contributed by atoms with Crippen LogP contribution in [0.1, 0.15) is 18.5 Å². The molecular formula is C12H14BrNO3. The lowest BCUT2D eigenvalue weighted by atomic mass is 10.1. The Kier molecular flexibility index (Phi) is 4.69. The smallest absolute Gasteiger partial charge is 0.333 e. The predicted octanol–water partition coefficient (Wildman–Crippen LogP) is 2.14. The zero-order valence-electron chi connectivity index (χ0n) is 9.94. The number of likely N-dealkylation sites (N-methyl/N-ethyl adjacent to an activating group) is 1. The topological polar surface area (TPSA) is 46.6 Å². The van der Waals surface area contributed by atoms with Crippen LogP contribution in [-0.2, 0) is 14.3 Å². The molecule has 0 N–H and O–H groups in total. The van der Waals surface area contributed by atoms with Gasteiger partial charge in [-0.2, -0.15) is 0 Å². The molecule has 0 aromatic heterocycles. The Morgan fingerprint density at radius 1 is 1.29 bits per heavy atom. The lowest BCUT2D eigenvalue weighted by molar-refractivity contribution is -0.151. The van der Waals surface area contributed by atoms with Gasteiger partial charge in [-0.25, -0.2) is 4.79 Å². The summed E-state index contributed by atoms with van der Waals surface area (Å²) in [5, 5.41) is 0. The molecular weight excluding hydrogens is 286 g/mol. The van der Waals surface area contributed by atoms with E-state index in [2.05, 4.69) is 15.9 Å². The maximum atomic E-state index is 11.7. The van der Waals surface area contributed by atoms with Crippen molar-refractivity contribution in [3.05, 3.63) is 34.3 Å². The highest BCUT2D eigenvalue weighted by atomic mass is 79.9. The van der Waals surface area contributed by atoms with Crippen molar-refractivity contribution in [2.75, 3.05) is 14.2 Å². The molecule has 0 saturated carbocycles. The molecule has 0 aliphatic carbocycles. The van der Waals surface area contributed by atoms with Crippen LogP contribution in [0, 0.1) is 0 Å². The number of benzene rings is 1. The van der Waals surface area contributed by atoms with Crippen molar-refractivity contribution in [2.24, 2.45) is 0 Å². The van der Waals surface area contributed by atoms with Crippen LogP contribution in [0.4, 0.5) is 0 Å². The lowest BCUT2D eigenvalue weighted by Crippen LogP contribution is -2.35. The minimum atomic E-state index is -0.703. The van der Waals surface area contributed by atoms with Crippen LogP contribution in [0.5, 0.6) is 0 Å². The summed E-state index contributed by atoms with van der Waals surface area (Å²) in [5.74, 6) is -0.645. The van der Waals surface area contributed by atoms with Gasteiger partial charge in [-0.15, -0.1) is 0 Å². The largest absolute Gasteiger partial charge is 0.467 e. The number of carbonyl (C=O) groups is 2. The standard InChI is InChI=1S/C12H14BrNO3/c1-8(15)14(2)11(12(16)17-3)9-4-6-10(13)7-5-9/h4-7,11H,1-3H3/t11-/m1/s1. The van der Waals surface area contributed by atoms with E-state index >= 15 is 0 Å². The van der Waals surface area contributed by atoms with Crippen molar-refractivity contribution in [3.63, 3.8) is 0 Å². The summed E-state index contributed by atoms with van der Waals surface area (Å²) in [6.45, 7) is 1.41. The van der Waals surface area contributed by atoms with Gasteiger partial charge in [0.1, 0.15) is 0 Å². The summed E-state index contributed by atoms with van der Waals surface area (Å²) in [5.41, 5.74) is 0.720. The second kappa shape index (κ2) is 5.82. The molecule has 0 aliphatic heterocycles. The fourth-order valence-corrected chi connectivity index (χ4v) is 1.72. The van der Waals surface area contributed by atoms with E-state index in [0.29, 0.717) is 0 Å². The number of rotatable bonds is 3. The number of ether oxygens (including phenoxy) is 1. The van der Waals surface area contributed by atoms with Crippen LogP contribution in [-0.4, -0.2) is 30.9 Å². The van der Waals surface area contributed by atoms with E-state index in [9.17, 15) is 9.59 Å². The fraction of sp³-hybridized carbons (Fsp3) is 0.333. The van der Waals surface area contributed by atoms with Gasteiger partial charge in [0.2, 0.25) is 5.91 Å². The highest BCUT2D eigenvalue weighted by molar-refractivity contribution is 9.10. The first kappa shape index (κ1) is 13.7. The Morgan fingerprint density at radius 3 is 2.24 bits per heavy atom. The SMILES string of the molecule is COC(=O)[C@@H](c1ccc(Br)cc1)N(C)C(C)=O. The molecule has 0 unspecified atom stereocenters. The van der Waals surface area contributed by atoms with E-state index in [1.165, 1.54) is 18.9 Å². The minimum absolute atomic E-state index is 0.191. The summed E-state index contributed by atoms with van der Waals surface area (Å²) in [6.07, 6.45) is 0. The van der Waals surface area contributed by atoms with Gasteiger partial charge in [-0.1, -0.05) is 28.1 Å². The van der Waals surface area contributed by atoms with Crippen LogP contribution in [0.2, 0.25) is 0 Å². The average molecular weight is 300 g/mol. The van der Waals surface area contributed by atoms with Crippen LogP contribution in [0.3, 0.4) is 0 Å². The molecule has 0 spiro atoms. The Bertz CT molecular complexity index is 416. The maximum absolute atomic E-state index is 11.7. The fourth-order valence-electron chi connectivity index (χ4n) is 1.46. The molecule has 0 saturated heterocycles. The Balaban J connectivity index is 3.10.